The Labute approximate surface area is 211 Å². The third kappa shape index (κ3) is 4.78. The van der Waals surface area contributed by atoms with Gasteiger partial charge in [-0.05, 0) is 24.1 Å². The van der Waals surface area contributed by atoms with Gasteiger partial charge in [-0.25, -0.2) is 0 Å². The van der Waals surface area contributed by atoms with E-state index < -0.39 is 5.92 Å². The van der Waals surface area contributed by atoms with Crippen LogP contribution in [-0.2, 0) is 9.59 Å². The van der Waals surface area contributed by atoms with Gasteiger partial charge in [0.15, 0.2) is 0 Å². The SMILES string of the molecule is COc1ccc(N2C[C@@H](C(=O)N3CC=C(c4c(OC)cc(OC)cc4OC)CC3)CC2=O)c(OC)c1. The summed E-state index contributed by atoms with van der Waals surface area (Å²) in [6.07, 6.45) is 2.83. The molecule has 2 heterocycles. The third-order valence-corrected chi connectivity index (χ3v) is 6.71. The number of amides is 2. The van der Waals surface area contributed by atoms with Crippen molar-refractivity contribution in [2.45, 2.75) is 12.8 Å². The van der Waals surface area contributed by atoms with Crippen molar-refractivity contribution in [3.8, 4) is 28.7 Å². The molecule has 2 aliphatic heterocycles. The van der Waals surface area contributed by atoms with Crippen LogP contribution in [0.25, 0.3) is 5.57 Å². The monoisotopic (exact) mass is 496 g/mol. The molecule has 2 amide bonds. The highest BCUT2D eigenvalue weighted by molar-refractivity contribution is 6.01. The largest absolute Gasteiger partial charge is 0.497 e. The van der Waals surface area contributed by atoms with Gasteiger partial charge in [0.2, 0.25) is 11.8 Å². The molecule has 1 fully saturated rings. The molecule has 0 N–H and O–H groups in total. The van der Waals surface area contributed by atoms with Crippen molar-refractivity contribution < 1.29 is 33.3 Å². The smallest absolute Gasteiger partial charge is 0.228 e. The first kappa shape index (κ1) is 25.2. The van der Waals surface area contributed by atoms with E-state index in [1.807, 2.05) is 18.2 Å². The number of carbonyl (C=O) groups excluding carboxylic acids is 2. The second kappa shape index (κ2) is 10.8. The molecule has 0 aromatic heterocycles. The molecule has 0 unspecified atom stereocenters. The van der Waals surface area contributed by atoms with E-state index in [1.54, 1.807) is 63.5 Å². The number of hydrogen-bond donors (Lipinski definition) is 0. The number of rotatable bonds is 8. The minimum Gasteiger partial charge on any atom is -0.497 e. The Morgan fingerprint density at radius 2 is 1.50 bits per heavy atom. The maximum Gasteiger partial charge on any atom is 0.228 e. The van der Waals surface area contributed by atoms with E-state index in [-0.39, 0.29) is 18.2 Å². The molecule has 36 heavy (non-hydrogen) atoms. The molecule has 192 valence electrons. The lowest BCUT2D eigenvalue weighted by Crippen LogP contribution is -2.40. The standard InChI is InChI=1S/C27H32N2O7/c1-32-19-6-7-21(22(13-19)34-3)29-16-18(12-25(29)30)27(31)28-10-8-17(9-11-28)26-23(35-4)14-20(33-2)15-24(26)36-5/h6-8,13-15,18H,9-12,16H2,1-5H3/t18-/m0/s1. The minimum atomic E-state index is -0.413. The zero-order chi connectivity index (χ0) is 25.8. The summed E-state index contributed by atoms with van der Waals surface area (Å²) in [5.41, 5.74) is 2.54. The van der Waals surface area contributed by atoms with Crippen molar-refractivity contribution in [2.75, 3.05) is 60.1 Å². The van der Waals surface area contributed by atoms with E-state index >= 15 is 0 Å². The van der Waals surface area contributed by atoms with Crippen LogP contribution in [0.3, 0.4) is 0 Å². The number of benzene rings is 2. The predicted molar refractivity (Wildman–Crippen MR) is 135 cm³/mol. The summed E-state index contributed by atoms with van der Waals surface area (Å²) in [5, 5.41) is 0. The molecule has 0 bridgehead atoms. The summed E-state index contributed by atoms with van der Waals surface area (Å²) in [6.45, 7) is 1.30. The molecule has 9 heteroatoms. The van der Waals surface area contributed by atoms with Crippen molar-refractivity contribution in [3.05, 3.63) is 42.0 Å². The van der Waals surface area contributed by atoms with Gasteiger partial charge < -0.3 is 33.5 Å². The van der Waals surface area contributed by atoms with E-state index in [0.717, 1.165) is 11.1 Å². The van der Waals surface area contributed by atoms with Crippen LogP contribution in [0.4, 0.5) is 5.69 Å². The van der Waals surface area contributed by atoms with E-state index in [1.165, 1.54) is 0 Å². The first-order valence-electron chi connectivity index (χ1n) is 11.7. The summed E-state index contributed by atoms with van der Waals surface area (Å²) in [7, 11) is 7.93. The normalized spacial score (nSPS) is 17.5. The van der Waals surface area contributed by atoms with Gasteiger partial charge in [-0.2, -0.15) is 0 Å². The lowest BCUT2D eigenvalue weighted by Gasteiger charge is -2.30. The molecule has 0 spiro atoms. The van der Waals surface area contributed by atoms with Gasteiger partial charge in [0.05, 0.1) is 52.7 Å². The zero-order valence-corrected chi connectivity index (χ0v) is 21.3. The Kier molecular flexibility index (Phi) is 7.57. The summed E-state index contributed by atoms with van der Waals surface area (Å²) in [4.78, 5) is 29.6. The van der Waals surface area contributed by atoms with Crippen molar-refractivity contribution in [3.63, 3.8) is 0 Å². The Hall–Kier alpha value is -3.88. The highest BCUT2D eigenvalue weighted by Crippen LogP contribution is 2.41. The Balaban J connectivity index is 1.49. The van der Waals surface area contributed by atoms with E-state index in [9.17, 15) is 9.59 Å². The molecule has 2 aromatic carbocycles. The Bertz CT molecular complexity index is 1150. The summed E-state index contributed by atoms with van der Waals surface area (Å²) in [6, 6.07) is 8.94. The average molecular weight is 497 g/mol. The second-order valence-corrected chi connectivity index (χ2v) is 8.61. The number of methoxy groups -OCH3 is 5. The van der Waals surface area contributed by atoms with Gasteiger partial charge in [0, 0.05) is 44.3 Å². The maximum absolute atomic E-state index is 13.4. The van der Waals surface area contributed by atoms with Crippen molar-refractivity contribution >= 4 is 23.1 Å². The van der Waals surface area contributed by atoms with E-state index in [4.69, 9.17) is 23.7 Å². The van der Waals surface area contributed by atoms with Crippen LogP contribution in [0.1, 0.15) is 18.4 Å². The molecule has 9 nitrogen and oxygen atoms in total. The molecule has 0 radical (unpaired) electrons. The molecule has 1 saturated heterocycles. The van der Waals surface area contributed by atoms with E-state index in [2.05, 4.69) is 0 Å². The quantitative estimate of drug-likeness (QED) is 0.554. The molecule has 0 aliphatic carbocycles. The Morgan fingerprint density at radius 1 is 0.861 bits per heavy atom. The highest BCUT2D eigenvalue weighted by Gasteiger charge is 2.38. The minimum absolute atomic E-state index is 0.0257. The van der Waals surface area contributed by atoms with Gasteiger partial charge in [-0.15, -0.1) is 0 Å². The summed E-state index contributed by atoms with van der Waals surface area (Å²) >= 11 is 0. The lowest BCUT2D eigenvalue weighted by molar-refractivity contribution is -0.135. The third-order valence-electron chi connectivity index (χ3n) is 6.71. The summed E-state index contributed by atoms with van der Waals surface area (Å²) in [5.74, 6) is 2.58. The fourth-order valence-electron chi connectivity index (χ4n) is 4.79. The highest BCUT2D eigenvalue weighted by atomic mass is 16.5. The molecule has 4 rings (SSSR count). The lowest BCUT2D eigenvalue weighted by atomic mass is 9.96. The van der Waals surface area contributed by atoms with Crippen LogP contribution in [-0.4, -0.2) is 71.9 Å². The number of anilines is 1. The fraction of sp³-hybridized carbons (Fsp3) is 0.407. The van der Waals surface area contributed by atoms with Gasteiger partial charge in [-0.1, -0.05) is 6.08 Å². The van der Waals surface area contributed by atoms with Crippen LogP contribution in [0.5, 0.6) is 28.7 Å². The molecule has 2 aliphatic rings. The number of ether oxygens (including phenoxy) is 5. The van der Waals surface area contributed by atoms with Crippen molar-refractivity contribution in [1.82, 2.24) is 4.90 Å². The van der Waals surface area contributed by atoms with Crippen LogP contribution >= 0.6 is 0 Å². The molecule has 1 atom stereocenters. The van der Waals surface area contributed by atoms with Crippen molar-refractivity contribution in [1.29, 1.82) is 0 Å². The second-order valence-electron chi connectivity index (χ2n) is 8.61. The van der Waals surface area contributed by atoms with Crippen LogP contribution in [0.15, 0.2) is 36.4 Å². The average Bonchev–Trinajstić information content (AvgIpc) is 3.32. The summed E-state index contributed by atoms with van der Waals surface area (Å²) < 4.78 is 27.2. The van der Waals surface area contributed by atoms with Gasteiger partial charge >= 0.3 is 0 Å². The molecule has 0 saturated carbocycles. The maximum atomic E-state index is 13.4. The van der Waals surface area contributed by atoms with Crippen LogP contribution < -0.4 is 28.6 Å². The van der Waals surface area contributed by atoms with Crippen molar-refractivity contribution in [2.24, 2.45) is 5.92 Å². The first-order chi connectivity index (χ1) is 17.4. The van der Waals surface area contributed by atoms with Crippen LogP contribution in [0, 0.1) is 5.92 Å². The fourth-order valence-corrected chi connectivity index (χ4v) is 4.79. The van der Waals surface area contributed by atoms with Gasteiger partial charge in [0.25, 0.3) is 0 Å². The molecular formula is C27H32N2O7. The number of carbonyl (C=O) groups is 2. The number of nitrogens with zero attached hydrogens (tertiary/aromatic N) is 2. The topological polar surface area (TPSA) is 86.8 Å². The zero-order valence-electron chi connectivity index (χ0n) is 21.3. The molecular weight excluding hydrogens is 464 g/mol. The predicted octanol–water partition coefficient (Wildman–Crippen LogP) is 3.40. The first-order valence-corrected chi connectivity index (χ1v) is 11.7. The Morgan fingerprint density at radius 3 is 2.06 bits per heavy atom. The van der Waals surface area contributed by atoms with Crippen LogP contribution in [0.2, 0.25) is 0 Å². The van der Waals surface area contributed by atoms with E-state index in [0.29, 0.717) is 60.5 Å². The van der Waals surface area contributed by atoms with Gasteiger partial charge in [-0.3, -0.25) is 9.59 Å². The molecule has 2 aromatic rings. The van der Waals surface area contributed by atoms with Gasteiger partial charge in [0.1, 0.15) is 28.7 Å². The number of hydrogen-bond acceptors (Lipinski definition) is 7.